The van der Waals surface area contributed by atoms with Crippen LogP contribution in [0.4, 0.5) is 0 Å². The molecular weight excluding hydrogens is 248 g/mol. The van der Waals surface area contributed by atoms with Gasteiger partial charge >= 0.3 is 0 Å². The number of nitrogens with one attached hydrogen (secondary N) is 1. The molecule has 0 bridgehead atoms. The summed E-state index contributed by atoms with van der Waals surface area (Å²) in [7, 11) is 0. The molecular formula is C16H26N4. The van der Waals surface area contributed by atoms with E-state index in [-0.39, 0.29) is 0 Å². The lowest BCUT2D eigenvalue weighted by Crippen LogP contribution is -2.28. The molecule has 2 rings (SSSR count). The summed E-state index contributed by atoms with van der Waals surface area (Å²) in [5, 5.41) is 12.0. The maximum atomic E-state index is 4.25. The number of hydrogen-bond acceptors (Lipinski definition) is 3. The van der Waals surface area contributed by atoms with Crippen LogP contribution in [-0.2, 0) is 6.42 Å². The molecule has 0 spiro atoms. The lowest BCUT2D eigenvalue weighted by Gasteiger charge is -2.13. The highest BCUT2D eigenvalue weighted by atomic mass is 15.2. The highest BCUT2D eigenvalue weighted by molar-refractivity contribution is 5.36. The highest BCUT2D eigenvalue weighted by Crippen LogP contribution is 2.06. The monoisotopic (exact) mass is 274 g/mol. The van der Waals surface area contributed by atoms with E-state index in [1.54, 1.807) is 0 Å². The van der Waals surface area contributed by atoms with Gasteiger partial charge in [0.05, 0.1) is 0 Å². The predicted molar refractivity (Wildman–Crippen MR) is 82.9 cm³/mol. The summed E-state index contributed by atoms with van der Waals surface area (Å²) in [5.74, 6) is 1.03. The van der Waals surface area contributed by atoms with Gasteiger partial charge in [0.1, 0.15) is 5.82 Å². The van der Waals surface area contributed by atoms with Gasteiger partial charge < -0.3 is 5.32 Å². The molecule has 20 heavy (non-hydrogen) atoms. The molecule has 4 nitrogen and oxygen atoms in total. The molecule has 2 aromatic heterocycles. The second-order valence-electron chi connectivity index (χ2n) is 5.50. The fourth-order valence-electron chi connectivity index (χ4n) is 2.47. The zero-order valence-corrected chi connectivity index (χ0v) is 12.7. The van der Waals surface area contributed by atoms with Crippen molar-refractivity contribution in [2.45, 2.75) is 58.4 Å². The number of unbranched alkanes of at least 4 members (excludes halogenated alkanes) is 3. The van der Waals surface area contributed by atoms with Crippen LogP contribution >= 0.6 is 0 Å². The lowest BCUT2D eigenvalue weighted by molar-refractivity contribution is 0.483. The van der Waals surface area contributed by atoms with Gasteiger partial charge in [0, 0.05) is 25.2 Å². The van der Waals surface area contributed by atoms with Gasteiger partial charge in [-0.2, -0.15) is 0 Å². The highest BCUT2D eigenvalue weighted by Gasteiger charge is 2.05. The first-order chi connectivity index (χ1) is 9.81. The van der Waals surface area contributed by atoms with Crippen molar-refractivity contribution in [3.05, 3.63) is 30.2 Å². The number of nitrogens with zero attached hydrogens (tertiary/aromatic N) is 3. The fraction of sp³-hybridized carbons (Fsp3) is 0.625. The standard InChI is InChI=1S/C16H26N4/c1-3-4-5-6-9-14(2)17-12-11-16-19-18-15-10-7-8-13-20(15)16/h7-8,10,13-14,17H,3-6,9,11-12H2,1-2H3. The molecule has 1 atom stereocenters. The van der Waals surface area contributed by atoms with Crippen molar-refractivity contribution in [2.75, 3.05) is 6.54 Å². The Kier molecular flexibility index (Phi) is 5.99. The summed E-state index contributed by atoms with van der Waals surface area (Å²) in [6.07, 6.45) is 9.57. The Bertz CT molecular complexity index is 506. The molecule has 4 heteroatoms. The minimum atomic E-state index is 0.589. The molecule has 1 unspecified atom stereocenters. The number of hydrogen-bond donors (Lipinski definition) is 1. The summed E-state index contributed by atoms with van der Waals surface area (Å²) < 4.78 is 2.06. The first kappa shape index (κ1) is 15.0. The summed E-state index contributed by atoms with van der Waals surface area (Å²) in [6, 6.07) is 6.58. The molecule has 0 amide bonds. The molecule has 1 N–H and O–H groups in total. The second kappa shape index (κ2) is 8.00. The maximum absolute atomic E-state index is 4.25. The van der Waals surface area contributed by atoms with Crippen LogP contribution in [0.3, 0.4) is 0 Å². The normalized spacial score (nSPS) is 12.9. The van der Waals surface area contributed by atoms with E-state index in [0.717, 1.165) is 24.4 Å². The van der Waals surface area contributed by atoms with Gasteiger partial charge in [0.2, 0.25) is 0 Å². The third-order valence-electron chi connectivity index (χ3n) is 3.72. The van der Waals surface area contributed by atoms with Crippen molar-refractivity contribution in [1.29, 1.82) is 0 Å². The van der Waals surface area contributed by atoms with Crippen LogP contribution in [0, 0.1) is 0 Å². The van der Waals surface area contributed by atoms with Crippen LogP contribution in [0.5, 0.6) is 0 Å². The van der Waals surface area contributed by atoms with E-state index >= 15 is 0 Å². The van der Waals surface area contributed by atoms with E-state index < -0.39 is 0 Å². The zero-order valence-electron chi connectivity index (χ0n) is 12.7. The van der Waals surface area contributed by atoms with Gasteiger partial charge in [-0.1, -0.05) is 38.7 Å². The molecule has 0 aliphatic heterocycles. The number of pyridine rings is 1. The molecule has 2 heterocycles. The van der Waals surface area contributed by atoms with Gasteiger partial charge in [0.15, 0.2) is 5.65 Å². The van der Waals surface area contributed by atoms with Crippen LogP contribution in [0.15, 0.2) is 24.4 Å². The summed E-state index contributed by atoms with van der Waals surface area (Å²) in [4.78, 5) is 0. The van der Waals surface area contributed by atoms with Crippen LogP contribution < -0.4 is 5.32 Å². The Morgan fingerprint density at radius 2 is 2.10 bits per heavy atom. The van der Waals surface area contributed by atoms with Crippen LogP contribution in [-0.4, -0.2) is 27.2 Å². The van der Waals surface area contributed by atoms with Crippen LogP contribution in [0.1, 0.15) is 51.8 Å². The minimum absolute atomic E-state index is 0.589. The van der Waals surface area contributed by atoms with Gasteiger partial charge in [-0.25, -0.2) is 0 Å². The predicted octanol–water partition coefficient (Wildman–Crippen LogP) is 3.22. The molecule has 0 aromatic carbocycles. The van der Waals surface area contributed by atoms with Crippen molar-refractivity contribution in [3.63, 3.8) is 0 Å². The number of rotatable bonds is 9. The van der Waals surface area contributed by atoms with Crippen LogP contribution in [0.25, 0.3) is 5.65 Å². The Balaban J connectivity index is 1.70. The molecule has 0 radical (unpaired) electrons. The smallest absolute Gasteiger partial charge is 0.160 e. The summed E-state index contributed by atoms with van der Waals surface area (Å²) in [5.41, 5.74) is 0.926. The lowest BCUT2D eigenvalue weighted by atomic mass is 10.1. The molecule has 110 valence electrons. The van der Waals surface area contributed by atoms with Gasteiger partial charge in [-0.05, 0) is 25.5 Å². The average molecular weight is 274 g/mol. The number of aromatic nitrogens is 3. The molecule has 0 saturated carbocycles. The van der Waals surface area contributed by atoms with Crippen molar-refractivity contribution in [3.8, 4) is 0 Å². The van der Waals surface area contributed by atoms with E-state index in [1.807, 2.05) is 24.4 Å². The molecule has 0 fully saturated rings. The zero-order chi connectivity index (χ0) is 14.2. The van der Waals surface area contributed by atoms with E-state index in [2.05, 4.69) is 33.8 Å². The van der Waals surface area contributed by atoms with Gasteiger partial charge in [-0.3, -0.25) is 4.40 Å². The Labute approximate surface area is 121 Å². The van der Waals surface area contributed by atoms with Crippen LogP contribution in [0.2, 0.25) is 0 Å². The minimum Gasteiger partial charge on any atom is -0.314 e. The fourth-order valence-corrected chi connectivity index (χ4v) is 2.47. The third-order valence-corrected chi connectivity index (χ3v) is 3.72. The summed E-state index contributed by atoms with van der Waals surface area (Å²) in [6.45, 7) is 5.49. The Hall–Kier alpha value is -1.42. The van der Waals surface area contributed by atoms with Crippen molar-refractivity contribution in [1.82, 2.24) is 19.9 Å². The van der Waals surface area contributed by atoms with Gasteiger partial charge in [0.25, 0.3) is 0 Å². The van der Waals surface area contributed by atoms with E-state index in [0.29, 0.717) is 6.04 Å². The summed E-state index contributed by atoms with van der Waals surface area (Å²) >= 11 is 0. The quantitative estimate of drug-likeness (QED) is 0.714. The average Bonchev–Trinajstić information content (AvgIpc) is 2.87. The first-order valence-electron chi connectivity index (χ1n) is 7.83. The topological polar surface area (TPSA) is 42.2 Å². The van der Waals surface area contributed by atoms with E-state index in [4.69, 9.17) is 0 Å². The second-order valence-corrected chi connectivity index (χ2v) is 5.50. The largest absolute Gasteiger partial charge is 0.314 e. The third kappa shape index (κ3) is 4.30. The maximum Gasteiger partial charge on any atom is 0.160 e. The molecule has 2 aromatic rings. The Morgan fingerprint density at radius 3 is 2.95 bits per heavy atom. The Morgan fingerprint density at radius 1 is 1.20 bits per heavy atom. The first-order valence-corrected chi connectivity index (χ1v) is 7.83. The molecule has 0 aliphatic rings. The van der Waals surface area contributed by atoms with Gasteiger partial charge in [-0.15, -0.1) is 10.2 Å². The number of fused-ring (bicyclic) bond motifs is 1. The molecule has 0 aliphatic carbocycles. The van der Waals surface area contributed by atoms with Crippen molar-refractivity contribution in [2.24, 2.45) is 0 Å². The molecule has 0 saturated heterocycles. The van der Waals surface area contributed by atoms with E-state index in [9.17, 15) is 0 Å². The SMILES string of the molecule is CCCCCCC(C)NCCc1nnc2ccccn12. The van der Waals surface area contributed by atoms with Crippen molar-refractivity contribution >= 4 is 5.65 Å². The van der Waals surface area contributed by atoms with E-state index in [1.165, 1.54) is 32.1 Å². The van der Waals surface area contributed by atoms with Crippen molar-refractivity contribution < 1.29 is 0 Å².